The molecule has 0 aromatic carbocycles. The van der Waals surface area contributed by atoms with Crippen LogP contribution in [-0.4, -0.2) is 32.8 Å². The van der Waals surface area contributed by atoms with Crippen LogP contribution in [0.15, 0.2) is 0 Å². The van der Waals surface area contributed by atoms with Crippen LogP contribution in [0.3, 0.4) is 0 Å². The third-order valence-electron chi connectivity index (χ3n) is 4.15. The van der Waals surface area contributed by atoms with Crippen molar-refractivity contribution < 1.29 is 4.74 Å². The van der Waals surface area contributed by atoms with E-state index in [1.54, 1.807) is 0 Å². The van der Waals surface area contributed by atoms with Crippen molar-refractivity contribution in [2.75, 3.05) is 32.8 Å². The molecule has 0 radical (unpaired) electrons. The fourth-order valence-electron chi connectivity index (χ4n) is 2.39. The van der Waals surface area contributed by atoms with Crippen molar-refractivity contribution in [2.45, 2.75) is 38.5 Å². The Morgan fingerprint density at radius 1 is 1.25 bits per heavy atom. The minimum absolute atomic E-state index is 0.488. The largest absolute Gasteiger partial charge is 0.380 e. The second-order valence-corrected chi connectivity index (χ2v) is 5.58. The molecule has 16 heavy (non-hydrogen) atoms. The lowest BCUT2D eigenvalue weighted by Crippen LogP contribution is -2.40. The predicted octanol–water partition coefficient (Wildman–Crippen LogP) is 1.52. The van der Waals surface area contributed by atoms with E-state index in [1.165, 1.54) is 38.5 Å². The predicted molar refractivity (Wildman–Crippen MR) is 66.4 cm³/mol. The summed E-state index contributed by atoms with van der Waals surface area (Å²) < 4.78 is 5.57. The van der Waals surface area contributed by atoms with E-state index in [0.717, 1.165) is 38.8 Å². The van der Waals surface area contributed by atoms with Gasteiger partial charge in [0.15, 0.2) is 0 Å². The molecule has 2 aliphatic carbocycles. The van der Waals surface area contributed by atoms with E-state index in [4.69, 9.17) is 10.5 Å². The molecule has 0 atom stereocenters. The average molecular weight is 226 g/mol. The van der Waals surface area contributed by atoms with Gasteiger partial charge in [0, 0.05) is 13.2 Å². The van der Waals surface area contributed by atoms with E-state index < -0.39 is 0 Å². The zero-order chi connectivity index (χ0) is 11.3. The first kappa shape index (κ1) is 12.3. The molecular formula is C13H26N2O. The highest BCUT2D eigenvalue weighted by molar-refractivity contribution is 4.88. The maximum absolute atomic E-state index is 5.82. The van der Waals surface area contributed by atoms with Gasteiger partial charge in [0.05, 0.1) is 6.61 Å². The van der Waals surface area contributed by atoms with Crippen LogP contribution in [0.1, 0.15) is 38.5 Å². The van der Waals surface area contributed by atoms with Gasteiger partial charge in [-0.2, -0.15) is 0 Å². The molecule has 2 saturated carbocycles. The molecule has 3 N–H and O–H groups in total. The number of ether oxygens (including phenoxy) is 1. The van der Waals surface area contributed by atoms with Crippen molar-refractivity contribution in [3.63, 3.8) is 0 Å². The third-order valence-corrected chi connectivity index (χ3v) is 4.15. The topological polar surface area (TPSA) is 47.3 Å². The lowest BCUT2D eigenvalue weighted by Gasteiger charge is -2.41. The third kappa shape index (κ3) is 3.72. The standard InChI is InChI=1S/C13H26N2O/c14-11-13(4-1-5-13)6-7-15-8-9-16-10-12-2-3-12/h12,15H,1-11,14H2. The van der Waals surface area contributed by atoms with Crippen LogP contribution in [0.5, 0.6) is 0 Å². The molecule has 0 aromatic heterocycles. The van der Waals surface area contributed by atoms with Crippen molar-refractivity contribution in [2.24, 2.45) is 17.1 Å². The van der Waals surface area contributed by atoms with Crippen molar-refractivity contribution >= 4 is 0 Å². The summed E-state index contributed by atoms with van der Waals surface area (Å²) in [5, 5.41) is 3.46. The van der Waals surface area contributed by atoms with E-state index in [1.807, 2.05) is 0 Å². The van der Waals surface area contributed by atoms with Gasteiger partial charge in [0.1, 0.15) is 0 Å². The number of nitrogens with one attached hydrogen (secondary N) is 1. The van der Waals surface area contributed by atoms with Gasteiger partial charge in [-0.05, 0) is 56.5 Å². The molecule has 0 spiro atoms. The monoisotopic (exact) mass is 226 g/mol. The highest BCUT2D eigenvalue weighted by atomic mass is 16.5. The Morgan fingerprint density at radius 3 is 2.62 bits per heavy atom. The molecule has 0 amide bonds. The minimum atomic E-state index is 0.488. The quantitative estimate of drug-likeness (QED) is 0.586. The second-order valence-electron chi connectivity index (χ2n) is 5.58. The van der Waals surface area contributed by atoms with E-state index in [9.17, 15) is 0 Å². The molecular weight excluding hydrogens is 200 g/mol. The zero-order valence-electron chi connectivity index (χ0n) is 10.3. The Balaban J connectivity index is 1.39. The summed E-state index contributed by atoms with van der Waals surface area (Å²) in [6.45, 7) is 4.81. The van der Waals surface area contributed by atoms with Gasteiger partial charge in [-0.25, -0.2) is 0 Å². The summed E-state index contributed by atoms with van der Waals surface area (Å²) >= 11 is 0. The van der Waals surface area contributed by atoms with Gasteiger partial charge in [-0.3, -0.25) is 0 Å². The molecule has 2 rings (SSSR count). The van der Waals surface area contributed by atoms with Crippen LogP contribution < -0.4 is 11.1 Å². The molecule has 94 valence electrons. The summed E-state index contributed by atoms with van der Waals surface area (Å²) in [7, 11) is 0. The summed E-state index contributed by atoms with van der Waals surface area (Å²) in [4.78, 5) is 0. The Hall–Kier alpha value is -0.120. The van der Waals surface area contributed by atoms with Crippen molar-refractivity contribution in [1.29, 1.82) is 0 Å². The van der Waals surface area contributed by atoms with Crippen LogP contribution in [0, 0.1) is 11.3 Å². The summed E-state index contributed by atoms with van der Waals surface area (Å²) in [5.74, 6) is 0.885. The van der Waals surface area contributed by atoms with Gasteiger partial charge >= 0.3 is 0 Å². The van der Waals surface area contributed by atoms with E-state index in [2.05, 4.69) is 5.32 Å². The number of hydrogen-bond donors (Lipinski definition) is 2. The Kier molecular flexibility index (Phi) is 4.62. The van der Waals surface area contributed by atoms with Gasteiger partial charge in [0.2, 0.25) is 0 Å². The molecule has 3 heteroatoms. The molecule has 2 aliphatic rings. The lowest BCUT2D eigenvalue weighted by molar-refractivity contribution is 0.116. The van der Waals surface area contributed by atoms with Crippen LogP contribution in [0.25, 0.3) is 0 Å². The normalized spacial score (nSPS) is 23.1. The van der Waals surface area contributed by atoms with Gasteiger partial charge < -0.3 is 15.8 Å². The van der Waals surface area contributed by atoms with E-state index >= 15 is 0 Å². The van der Waals surface area contributed by atoms with Crippen molar-refractivity contribution in [3.8, 4) is 0 Å². The van der Waals surface area contributed by atoms with E-state index in [0.29, 0.717) is 5.41 Å². The molecule has 0 bridgehead atoms. The molecule has 0 unspecified atom stereocenters. The summed E-state index contributed by atoms with van der Waals surface area (Å²) in [6, 6.07) is 0. The highest BCUT2D eigenvalue weighted by Crippen LogP contribution is 2.42. The first-order valence-corrected chi connectivity index (χ1v) is 6.83. The zero-order valence-corrected chi connectivity index (χ0v) is 10.3. The molecule has 0 aliphatic heterocycles. The van der Waals surface area contributed by atoms with Gasteiger partial charge in [-0.1, -0.05) is 6.42 Å². The Labute approximate surface area is 99.1 Å². The van der Waals surface area contributed by atoms with Crippen LogP contribution >= 0.6 is 0 Å². The number of hydrogen-bond acceptors (Lipinski definition) is 3. The second kappa shape index (κ2) is 5.99. The number of rotatable bonds is 9. The Morgan fingerprint density at radius 2 is 2.06 bits per heavy atom. The highest BCUT2D eigenvalue weighted by Gasteiger charge is 2.34. The summed E-state index contributed by atoms with van der Waals surface area (Å²) in [5.41, 5.74) is 6.31. The lowest BCUT2D eigenvalue weighted by atomic mass is 9.67. The SMILES string of the molecule is NCC1(CCNCCOCC2CC2)CCC1. The van der Waals surface area contributed by atoms with Crippen molar-refractivity contribution in [3.05, 3.63) is 0 Å². The maximum Gasteiger partial charge on any atom is 0.0591 e. The van der Waals surface area contributed by atoms with Crippen LogP contribution in [-0.2, 0) is 4.74 Å². The Bertz CT molecular complexity index is 195. The van der Waals surface area contributed by atoms with Crippen molar-refractivity contribution in [1.82, 2.24) is 5.32 Å². The fourth-order valence-corrected chi connectivity index (χ4v) is 2.39. The van der Waals surface area contributed by atoms with Gasteiger partial charge in [0.25, 0.3) is 0 Å². The number of nitrogens with two attached hydrogens (primary N) is 1. The maximum atomic E-state index is 5.82. The molecule has 3 nitrogen and oxygen atoms in total. The van der Waals surface area contributed by atoms with Crippen LogP contribution in [0.2, 0.25) is 0 Å². The first-order valence-electron chi connectivity index (χ1n) is 6.83. The minimum Gasteiger partial charge on any atom is -0.380 e. The first-order chi connectivity index (χ1) is 7.85. The smallest absolute Gasteiger partial charge is 0.0591 e. The molecule has 0 heterocycles. The summed E-state index contributed by atoms with van der Waals surface area (Å²) in [6.07, 6.45) is 8.06. The van der Waals surface area contributed by atoms with Crippen LogP contribution in [0.4, 0.5) is 0 Å². The average Bonchev–Trinajstić information content (AvgIpc) is 3.04. The molecule has 2 fully saturated rings. The fraction of sp³-hybridized carbons (Fsp3) is 1.00. The van der Waals surface area contributed by atoms with E-state index in [-0.39, 0.29) is 0 Å². The van der Waals surface area contributed by atoms with Gasteiger partial charge in [-0.15, -0.1) is 0 Å². The molecule has 0 saturated heterocycles. The molecule has 0 aromatic rings.